The minimum absolute atomic E-state index is 0.00227. The summed E-state index contributed by atoms with van der Waals surface area (Å²) in [5.74, 6) is -0.554. The number of halogens is 4. The predicted octanol–water partition coefficient (Wildman–Crippen LogP) is 3.40. The van der Waals surface area contributed by atoms with Crippen LogP contribution in [0.2, 0.25) is 0 Å². The van der Waals surface area contributed by atoms with Gasteiger partial charge in [-0.1, -0.05) is 15.9 Å². The minimum Gasteiger partial charge on any atom is -0.298 e. The van der Waals surface area contributed by atoms with Crippen molar-refractivity contribution < 1.29 is 22.8 Å². The topological polar surface area (TPSA) is 34.1 Å². The van der Waals surface area contributed by atoms with E-state index in [1.54, 1.807) is 0 Å². The number of hydrogen-bond acceptors (Lipinski definition) is 2. The number of hydrogen-bond donors (Lipinski definition) is 0. The van der Waals surface area contributed by atoms with Crippen LogP contribution in [-0.4, -0.2) is 17.4 Å². The lowest BCUT2D eigenvalue weighted by atomic mass is 9.97. The molecule has 0 aliphatic rings. The van der Waals surface area contributed by atoms with Crippen molar-refractivity contribution >= 4 is 28.0 Å². The van der Waals surface area contributed by atoms with Crippen molar-refractivity contribution in [2.24, 2.45) is 0 Å². The summed E-state index contributed by atoms with van der Waals surface area (Å²) in [5, 5.41) is -0.130. The van der Waals surface area contributed by atoms with Gasteiger partial charge in [-0.3, -0.25) is 9.59 Å². The molecule has 0 radical (unpaired) electrons. The molecule has 0 aromatic heterocycles. The summed E-state index contributed by atoms with van der Waals surface area (Å²) < 4.78 is 37.6. The van der Waals surface area contributed by atoms with Crippen LogP contribution in [0.15, 0.2) is 12.1 Å². The monoisotopic (exact) mass is 308 g/mol. The van der Waals surface area contributed by atoms with Crippen LogP contribution >= 0.6 is 15.9 Å². The van der Waals surface area contributed by atoms with E-state index in [1.165, 1.54) is 6.92 Å². The molecule has 0 unspecified atom stereocenters. The Kier molecular flexibility index (Phi) is 4.08. The van der Waals surface area contributed by atoms with E-state index >= 15 is 0 Å². The number of carbonyl (C=O) groups is 2. The largest absolute Gasteiger partial charge is 0.416 e. The molecule has 0 fully saturated rings. The zero-order valence-electron chi connectivity index (χ0n) is 8.77. The van der Waals surface area contributed by atoms with Crippen molar-refractivity contribution in [1.82, 2.24) is 0 Å². The molecule has 0 bridgehead atoms. The highest BCUT2D eigenvalue weighted by atomic mass is 79.9. The summed E-state index contributed by atoms with van der Waals surface area (Å²) in [4.78, 5) is 22.2. The average molecular weight is 309 g/mol. The van der Waals surface area contributed by atoms with Gasteiger partial charge in [-0.2, -0.15) is 13.2 Å². The van der Waals surface area contributed by atoms with Gasteiger partial charge in [0.25, 0.3) is 0 Å². The Balaban J connectivity index is 3.50. The third kappa shape index (κ3) is 2.94. The molecule has 0 saturated carbocycles. The quantitative estimate of drug-likeness (QED) is 0.487. The smallest absolute Gasteiger partial charge is 0.298 e. The van der Waals surface area contributed by atoms with E-state index in [2.05, 4.69) is 15.9 Å². The van der Waals surface area contributed by atoms with Crippen LogP contribution in [-0.2, 0) is 6.18 Å². The number of aldehydes is 1. The second-order valence-electron chi connectivity index (χ2n) is 3.43. The maximum atomic E-state index is 12.5. The molecule has 17 heavy (non-hydrogen) atoms. The Hall–Kier alpha value is -1.17. The van der Waals surface area contributed by atoms with Crippen molar-refractivity contribution in [3.63, 3.8) is 0 Å². The molecule has 6 heteroatoms. The van der Waals surface area contributed by atoms with Crippen molar-refractivity contribution in [1.29, 1.82) is 0 Å². The van der Waals surface area contributed by atoms with Gasteiger partial charge in [0.15, 0.2) is 12.1 Å². The van der Waals surface area contributed by atoms with Crippen molar-refractivity contribution in [2.75, 3.05) is 5.33 Å². The lowest BCUT2D eigenvalue weighted by molar-refractivity contribution is -0.137. The van der Waals surface area contributed by atoms with E-state index < -0.39 is 17.5 Å². The number of ketones is 1. The first-order valence-electron chi connectivity index (χ1n) is 4.57. The third-order valence-corrected chi connectivity index (χ3v) is 2.76. The van der Waals surface area contributed by atoms with Crippen LogP contribution in [0.4, 0.5) is 13.2 Å². The summed E-state index contributed by atoms with van der Waals surface area (Å²) in [5.41, 5.74) is -0.990. The second kappa shape index (κ2) is 5.00. The van der Waals surface area contributed by atoms with E-state index in [-0.39, 0.29) is 22.0 Å². The summed E-state index contributed by atoms with van der Waals surface area (Å²) in [6.45, 7) is 1.37. The molecule has 0 atom stereocenters. The summed E-state index contributed by atoms with van der Waals surface area (Å²) in [6.07, 6.45) is -4.14. The highest BCUT2D eigenvalue weighted by Crippen LogP contribution is 2.32. The van der Waals surface area contributed by atoms with Gasteiger partial charge < -0.3 is 0 Å². The van der Waals surface area contributed by atoms with Gasteiger partial charge in [-0.25, -0.2) is 0 Å². The van der Waals surface area contributed by atoms with E-state index in [0.717, 1.165) is 6.07 Å². The fraction of sp³-hybridized carbons (Fsp3) is 0.273. The van der Waals surface area contributed by atoms with Gasteiger partial charge in [0.1, 0.15) is 0 Å². The van der Waals surface area contributed by atoms with E-state index in [0.29, 0.717) is 12.4 Å². The molecule has 0 N–H and O–H groups in total. The standard InChI is InChI=1S/C11H8BrF3O2/c1-6-2-7(11(13,14)15)3-8(9(6)5-16)10(17)4-12/h2-3,5H,4H2,1H3. The molecule has 92 valence electrons. The molecule has 0 amide bonds. The van der Waals surface area contributed by atoms with Crippen LogP contribution in [0.1, 0.15) is 31.8 Å². The first-order valence-corrected chi connectivity index (χ1v) is 5.69. The molecule has 1 aromatic rings. The van der Waals surface area contributed by atoms with Gasteiger partial charge in [0.2, 0.25) is 0 Å². The second-order valence-corrected chi connectivity index (χ2v) is 3.99. The fourth-order valence-electron chi connectivity index (χ4n) is 1.42. The Morgan fingerprint density at radius 3 is 2.41 bits per heavy atom. The number of Topliss-reactive ketones (excluding diaryl/α,β-unsaturated/α-hetero) is 1. The fourth-order valence-corrected chi connectivity index (χ4v) is 1.72. The number of aryl methyl sites for hydroxylation is 1. The van der Waals surface area contributed by atoms with Gasteiger partial charge in [0, 0.05) is 11.1 Å². The molecule has 0 aliphatic carbocycles. The molecule has 1 rings (SSSR count). The average Bonchev–Trinajstić information content (AvgIpc) is 2.25. The highest BCUT2D eigenvalue weighted by molar-refractivity contribution is 9.09. The molecule has 0 saturated heterocycles. The van der Waals surface area contributed by atoms with Gasteiger partial charge >= 0.3 is 6.18 Å². The van der Waals surface area contributed by atoms with Crippen molar-refractivity contribution in [3.05, 3.63) is 34.4 Å². The number of alkyl halides is 4. The molecule has 0 aliphatic heterocycles. The maximum Gasteiger partial charge on any atom is 0.416 e. The lowest BCUT2D eigenvalue weighted by Crippen LogP contribution is -2.12. The van der Waals surface area contributed by atoms with Gasteiger partial charge in [0.05, 0.1) is 10.9 Å². The zero-order chi connectivity index (χ0) is 13.2. The normalized spacial score (nSPS) is 11.4. The lowest BCUT2D eigenvalue weighted by Gasteiger charge is -2.12. The van der Waals surface area contributed by atoms with Gasteiger partial charge in [-0.15, -0.1) is 0 Å². The number of rotatable bonds is 3. The number of carbonyl (C=O) groups excluding carboxylic acids is 2. The Labute approximate surface area is 104 Å². The molecule has 0 heterocycles. The van der Waals surface area contributed by atoms with Crippen LogP contribution in [0.25, 0.3) is 0 Å². The first kappa shape index (κ1) is 13.9. The Morgan fingerprint density at radius 1 is 1.41 bits per heavy atom. The maximum absolute atomic E-state index is 12.5. The molecule has 0 spiro atoms. The van der Waals surface area contributed by atoms with Crippen LogP contribution in [0, 0.1) is 6.92 Å². The highest BCUT2D eigenvalue weighted by Gasteiger charge is 2.32. The molecule has 1 aromatic carbocycles. The first-order chi connectivity index (χ1) is 7.81. The van der Waals surface area contributed by atoms with Crippen molar-refractivity contribution in [2.45, 2.75) is 13.1 Å². The third-order valence-electron chi connectivity index (χ3n) is 2.25. The van der Waals surface area contributed by atoms with Crippen LogP contribution in [0.3, 0.4) is 0 Å². The summed E-state index contributed by atoms with van der Waals surface area (Å²) >= 11 is 2.87. The minimum atomic E-state index is -4.53. The molecular formula is C11H8BrF3O2. The summed E-state index contributed by atoms with van der Waals surface area (Å²) in [6, 6.07) is 1.56. The van der Waals surface area contributed by atoms with Crippen LogP contribution in [0.5, 0.6) is 0 Å². The SMILES string of the molecule is Cc1cc(C(F)(F)F)cc(C(=O)CBr)c1C=O. The molecule has 2 nitrogen and oxygen atoms in total. The van der Waals surface area contributed by atoms with E-state index in [9.17, 15) is 22.8 Å². The van der Waals surface area contributed by atoms with Gasteiger partial charge in [-0.05, 0) is 24.6 Å². The van der Waals surface area contributed by atoms with Crippen molar-refractivity contribution in [3.8, 4) is 0 Å². The Bertz CT molecular complexity index is 467. The Morgan fingerprint density at radius 2 is 2.00 bits per heavy atom. The summed E-state index contributed by atoms with van der Waals surface area (Å²) in [7, 11) is 0. The number of benzene rings is 1. The van der Waals surface area contributed by atoms with E-state index in [1.807, 2.05) is 0 Å². The molecular weight excluding hydrogens is 301 g/mol. The predicted molar refractivity (Wildman–Crippen MR) is 59.7 cm³/mol. The zero-order valence-corrected chi connectivity index (χ0v) is 10.4. The van der Waals surface area contributed by atoms with Crippen LogP contribution < -0.4 is 0 Å². The van der Waals surface area contributed by atoms with E-state index in [4.69, 9.17) is 0 Å².